The summed E-state index contributed by atoms with van der Waals surface area (Å²) < 4.78 is 6.24. The summed E-state index contributed by atoms with van der Waals surface area (Å²) >= 11 is 0. The number of ether oxygens (including phenoxy) is 1. The highest BCUT2D eigenvalue weighted by Crippen LogP contribution is 2.52. The molecule has 0 saturated heterocycles. The van der Waals surface area contributed by atoms with E-state index in [9.17, 15) is 19.8 Å². The van der Waals surface area contributed by atoms with Crippen LogP contribution in [0.15, 0.2) is 11.6 Å². The highest BCUT2D eigenvalue weighted by Gasteiger charge is 2.45. The second-order valence-electron chi connectivity index (χ2n) is 9.09. The van der Waals surface area contributed by atoms with Crippen LogP contribution in [0, 0.1) is 17.8 Å². The molecule has 5 heteroatoms. The molecule has 3 rings (SSSR count). The molecule has 0 amide bonds. The molecule has 0 bridgehead atoms. The zero-order valence-corrected chi connectivity index (χ0v) is 17.3. The molecule has 0 fully saturated rings. The van der Waals surface area contributed by atoms with Crippen molar-refractivity contribution in [3.63, 3.8) is 0 Å². The first-order chi connectivity index (χ1) is 13.1. The Labute approximate surface area is 166 Å². The average Bonchev–Trinajstić information content (AvgIpc) is 2.59. The summed E-state index contributed by atoms with van der Waals surface area (Å²) in [6.07, 6.45) is 4.96. The van der Waals surface area contributed by atoms with Crippen molar-refractivity contribution < 1.29 is 24.5 Å². The average molecular weight is 386 g/mol. The zero-order chi connectivity index (χ0) is 20.8. The van der Waals surface area contributed by atoms with Crippen LogP contribution >= 0.6 is 0 Å². The first-order valence-electron chi connectivity index (χ1n) is 10.1. The van der Waals surface area contributed by atoms with Crippen LogP contribution in [0.1, 0.15) is 80.2 Å². The van der Waals surface area contributed by atoms with Gasteiger partial charge in [0.1, 0.15) is 28.4 Å². The minimum Gasteiger partial charge on any atom is -0.507 e. The summed E-state index contributed by atoms with van der Waals surface area (Å²) in [7, 11) is 0. The number of hydrogen-bond donors (Lipinski definition) is 2. The summed E-state index contributed by atoms with van der Waals surface area (Å²) in [6.45, 7) is 10.1. The van der Waals surface area contributed by atoms with Gasteiger partial charge in [0, 0.05) is 24.3 Å². The first kappa shape index (κ1) is 20.4. The number of allylic oxidation sites excluding steroid dienone is 1. The fourth-order valence-electron chi connectivity index (χ4n) is 4.38. The third-order valence-corrected chi connectivity index (χ3v) is 6.17. The number of aldehydes is 1. The fourth-order valence-corrected chi connectivity index (χ4v) is 4.38. The van der Waals surface area contributed by atoms with E-state index in [1.54, 1.807) is 0 Å². The maximum atomic E-state index is 12.7. The number of rotatable bonds is 5. The summed E-state index contributed by atoms with van der Waals surface area (Å²) in [5.41, 5.74) is 1.11. The standard InChI is InChI=1S/C23H30O5/c1-12(2)8-18(25)19-20(26)16-10-15-9-14(13(3)4)6-7-23(15,5)28-22(16)17(11-24)21(19)27/h6,11-13,15,26-27H,7-10H2,1-5H3/t15-,23-/m0/s1. The molecule has 1 aromatic rings. The Morgan fingerprint density at radius 1 is 1.25 bits per heavy atom. The van der Waals surface area contributed by atoms with Crippen LogP contribution in [0.25, 0.3) is 0 Å². The number of phenolic OH excluding ortho intramolecular Hbond substituents is 2. The van der Waals surface area contributed by atoms with Gasteiger partial charge in [-0.3, -0.25) is 9.59 Å². The van der Waals surface area contributed by atoms with E-state index in [-0.39, 0.29) is 46.7 Å². The van der Waals surface area contributed by atoms with Crippen LogP contribution in [-0.2, 0) is 6.42 Å². The summed E-state index contributed by atoms with van der Waals surface area (Å²) in [6, 6.07) is 0. The lowest BCUT2D eigenvalue weighted by Gasteiger charge is -2.46. The quantitative estimate of drug-likeness (QED) is 0.430. The largest absolute Gasteiger partial charge is 0.507 e. The fraction of sp³-hybridized carbons (Fsp3) is 0.565. The van der Waals surface area contributed by atoms with E-state index >= 15 is 0 Å². The molecular weight excluding hydrogens is 356 g/mol. The number of hydrogen-bond acceptors (Lipinski definition) is 5. The Hall–Kier alpha value is -2.30. The summed E-state index contributed by atoms with van der Waals surface area (Å²) in [4.78, 5) is 24.4. The van der Waals surface area contributed by atoms with Crippen molar-refractivity contribution in [2.75, 3.05) is 0 Å². The van der Waals surface area contributed by atoms with Crippen molar-refractivity contribution in [3.8, 4) is 17.2 Å². The molecule has 152 valence electrons. The van der Waals surface area contributed by atoms with Crippen LogP contribution in [0.4, 0.5) is 0 Å². The van der Waals surface area contributed by atoms with E-state index in [1.807, 2.05) is 20.8 Å². The van der Waals surface area contributed by atoms with Crippen molar-refractivity contribution in [2.24, 2.45) is 17.8 Å². The molecule has 0 aromatic heterocycles. The maximum Gasteiger partial charge on any atom is 0.170 e. The molecule has 2 atom stereocenters. The van der Waals surface area contributed by atoms with E-state index < -0.39 is 11.4 Å². The number of aromatic hydroxyl groups is 2. The predicted molar refractivity (Wildman–Crippen MR) is 107 cm³/mol. The van der Waals surface area contributed by atoms with Crippen molar-refractivity contribution in [1.29, 1.82) is 0 Å². The third-order valence-electron chi connectivity index (χ3n) is 6.17. The Bertz CT molecular complexity index is 849. The van der Waals surface area contributed by atoms with Crippen molar-refractivity contribution in [3.05, 3.63) is 28.3 Å². The normalized spacial score (nSPS) is 23.7. The zero-order valence-electron chi connectivity index (χ0n) is 17.3. The van der Waals surface area contributed by atoms with Gasteiger partial charge in [-0.2, -0.15) is 0 Å². The van der Waals surface area contributed by atoms with E-state index in [0.29, 0.717) is 30.6 Å². The van der Waals surface area contributed by atoms with E-state index in [4.69, 9.17) is 4.74 Å². The van der Waals surface area contributed by atoms with Gasteiger partial charge in [-0.05, 0) is 31.6 Å². The summed E-state index contributed by atoms with van der Waals surface area (Å²) in [5, 5.41) is 21.5. The molecule has 2 N–H and O–H groups in total. The van der Waals surface area contributed by atoms with Crippen LogP contribution in [-0.4, -0.2) is 27.9 Å². The molecule has 2 aliphatic rings. The lowest BCUT2D eigenvalue weighted by atomic mass is 9.70. The SMILES string of the molecule is CC(C)CC(=O)c1c(O)c(C=O)c2c(c1O)C[C@@H]1CC(C(C)C)=CC[C@]1(C)O2. The first-order valence-corrected chi connectivity index (χ1v) is 10.1. The van der Waals surface area contributed by atoms with Gasteiger partial charge >= 0.3 is 0 Å². The van der Waals surface area contributed by atoms with Crippen LogP contribution in [0.2, 0.25) is 0 Å². The molecule has 28 heavy (non-hydrogen) atoms. The number of ketones is 1. The van der Waals surface area contributed by atoms with Gasteiger partial charge < -0.3 is 14.9 Å². The number of fused-ring (bicyclic) bond motifs is 2. The molecule has 0 saturated carbocycles. The van der Waals surface area contributed by atoms with Crippen LogP contribution < -0.4 is 4.74 Å². The van der Waals surface area contributed by atoms with Crippen molar-refractivity contribution in [2.45, 2.75) is 65.9 Å². The Balaban J connectivity index is 2.11. The predicted octanol–water partition coefficient (Wildman–Crippen LogP) is 4.83. The van der Waals surface area contributed by atoms with Gasteiger partial charge in [-0.25, -0.2) is 0 Å². The lowest BCUT2D eigenvalue weighted by Crippen LogP contribution is -2.47. The summed E-state index contributed by atoms with van der Waals surface area (Å²) in [5.74, 6) is -0.237. The number of carbonyl (C=O) groups excluding carboxylic acids is 2. The monoisotopic (exact) mass is 386 g/mol. The molecule has 1 heterocycles. The van der Waals surface area contributed by atoms with Gasteiger partial charge in [0.15, 0.2) is 12.1 Å². The molecule has 1 aliphatic heterocycles. The van der Waals surface area contributed by atoms with Gasteiger partial charge in [0.25, 0.3) is 0 Å². The highest BCUT2D eigenvalue weighted by atomic mass is 16.5. The Morgan fingerprint density at radius 2 is 1.93 bits per heavy atom. The van der Waals surface area contributed by atoms with E-state index in [2.05, 4.69) is 19.9 Å². The molecule has 0 unspecified atom stereocenters. The van der Waals surface area contributed by atoms with Crippen molar-refractivity contribution >= 4 is 12.1 Å². The van der Waals surface area contributed by atoms with Gasteiger partial charge in [0.2, 0.25) is 0 Å². The molecule has 0 radical (unpaired) electrons. The minimum absolute atomic E-state index is 0.0433. The van der Waals surface area contributed by atoms with Crippen LogP contribution in [0.5, 0.6) is 17.2 Å². The number of carbonyl (C=O) groups is 2. The maximum absolute atomic E-state index is 12.7. The van der Waals surface area contributed by atoms with Crippen molar-refractivity contribution in [1.82, 2.24) is 0 Å². The second kappa shape index (κ2) is 7.26. The molecule has 1 aliphatic carbocycles. The number of benzene rings is 1. The Kier molecular flexibility index (Phi) is 5.30. The molecular formula is C23H30O5. The molecule has 1 aromatic carbocycles. The third kappa shape index (κ3) is 3.31. The van der Waals surface area contributed by atoms with E-state index in [0.717, 1.165) is 6.42 Å². The smallest absolute Gasteiger partial charge is 0.170 e. The number of Topliss-reactive ketones (excluding diaryl/α,β-unsaturated/α-hetero) is 1. The topological polar surface area (TPSA) is 83.8 Å². The van der Waals surface area contributed by atoms with E-state index in [1.165, 1.54) is 5.57 Å². The minimum atomic E-state index is -0.508. The van der Waals surface area contributed by atoms with Gasteiger partial charge in [-0.1, -0.05) is 39.3 Å². The number of phenols is 2. The van der Waals surface area contributed by atoms with Gasteiger partial charge in [-0.15, -0.1) is 0 Å². The second-order valence-corrected chi connectivity index (χ2v) is 9.09. The highest BCUT2D eigenvalue weighted by molar-refractivity contribution is 6.05. The molecule has 5 nitrogen and oxygen atoms in total. The van der Waals surface area contributed by atoms with Gasteiger partial charge in [0.05, 0.1) is 5.56 Å². The van der Waals surface area contributed by atoms with Crippen LogP contribution in [0.3, 0.4) is 0 Å². The lowest BCUT2D eigenvalue weighted by molar-refractivity contribution is 0.00358. The Morgan fingerprint density at radius 3 is 2.50 bits per heavy atom. The molecule has 0 spiro atoms.